The van der Waals surface area contributed by atoms with Gasteiger partial charge in [-0.15, -0.1) is 0 Å². The van der Waals surface area contributed by atoms with Gasteiger partial charge >= 0.3 is 0 Å². The Hall–Kier alpha value is -0.370. The Morgan fingerprint density at radius 1 is 0.833 bits per heavy atom. The van der Waals surface area contributed by atoms with Gasteiger partial charge in [0.25, 0.3) is 0 Å². The van der Waals surface area contributed by atoms with E-state index in [0.29, 0.717) is 6.42 Å². The van der Waals surface area contributed by atoms with Gasteiger partial charge in [-0.2, -0.15) is 0 Å². The van der Waals surface area contributed by atoms with Crippen LogP contribution >= 0.6 is 0 Å². The third-order valence-electron chi connectivity index (χ3n) is 3.44. The Kier molecular flexibility index (Phi) is 10.3. The van der Waals surface area contributed by atoms with Crippen molar-refractivity contribution in [2.45, 2.75) is 97.0 Å². The number of aliphatic hydroxyl groups is 1. The van der Waals surface area contributed by atoms with Gasteiger partial charge in [0.2, 0.25) is 0 Å². The second kappa shape index (κ2) is 10.5. The monoisotopic (exact) mass is 256 g/mol. The van der Waals surface area contributed by atoms with Crippen LogP contribution in [0.2, 0.25) is 0 Å². The summed E-state index contributed by atoms with van der Waals surface area (Å²) in [7, 11) is 0. The molecule has 2 nitrogen and oxygen atoms in total. The zero-order valence-electron chi connectivity index (χ0n) is 12.6. The standard InChI is InChI=1S/C16H32O2/c1-4-5-6-7-8-9-10-11-12-13-14-15(17)16(2,3)18/h18H,4-14H2,1-3H3. The van der Waals surface area contributed by atoms with Gasteiger partial charge in [0.15, 0.2) is 5.78 Å². The maximum atomic E-state index is 11.5. The zero-order valence-corrected chi connectivity index (χ0v) is 12.6. The van der Waals surface area contributed by atoms with Crippen LogP contribution in [-0.4, -0.2) is 16.5 Å². The molecule has 0 aromatic heterocycles. The van der Waals surface area contributed by atoms with E-state index in [9.17, 15) is 9.90 Å². The summed E-state index contributed by atoms with van der Waals surface area (Å²) in [6.45, 7) is 5.40. The topological polar surface area (TPSA) is 37.3 Å². The average molecular weight is 256 g/mol. The van der Waals surface area contributed by atoms with Gasteiger partial charge in [-0.3, -0.25) is 4.79 Å². The molecule has 0 amide bonds. The summed E-state index contributed by atoms with van der Waals surface area (Å²) in [5, 5.41) is 9.48. The van der Waals surface area contributed by atoms with Crippen molar-refractivity contribution in [3.63, 3.8) is 0 Å². The minimum absolute atomic E-state index is 0.0259. The lowest BCUT2D eigenvalue weighted by molar-refractivity contribution is -0.134. The van der Waals surface area contributed by atoms with Crippen LogP contribution in [0.25, 0.3) is 0 Å². The highest BCUT2D eigenvalue weighted by molar-refractivity contribution is 5.86. The van der Waals surface area contributed by atoms with Crippen LogP contribution in [0.1, 0.15) is 91.4 Å². The Morgan fingerprint density at radius 3 is 1.61 bits per heavy atom. The molecule has 2 heteroatoms. The molecule has 0 fully saturated rings. The van der Waals surface area contributed by atoms with E-state index in [1.165, 1.54) is 51.4 Å². The number of ketones is 1. The first kappa shape index (κ1) is 17.6. The van der Waals surface area contributed by atoms with Crippen molar-refractivity contribution in [3.8, 4) is 0 Å². The maximum absolute atomic E-state index is 11.5. The largest absolute Gasteiger partial charge is 0.383 e. The molecule has 0 unspecified atom stereocenters. The van der Waals surface area contributed by atoms with Crippen LogP contribution in [0, 0.1) is 0 Å². The second-order valence-corrected chi connectivity index (χ2v) is 5.91. The van der Waals surface area contributed by atoms with Gasteiger partial charge in [0, 0.05) is 6.42 Å². The highest BCUT2D eigenvalue weighted by Gasteiger charge is 2.22. The van der Waals surface area contributed by atoms with Crippen LogP contribution < -0.4 is 0 Å². The number of carbonyl (C=O) groups excluding carboxylic acids is 1. The number of rotatable bonds is 12. The summed E-state index contributed by atoms with van der Waals surface area (Å²) in [5.74, 6) is -0.0259. The van der Waals surface area contributed by atoms with Gasteiger partial charge < -0.3 is 5.11 Å². The lowest BCUT2D eigenvalue weighted by atomic mass is 9.98. The van der Waals surface area contributed by atoms with Crippen LogP contribution in [-0.2, 0) is 4.79 Å². The van der Waals surface area contributed by atoms with Crippen molar-refractivity contribution in [1.82, 2.24) is 0 Å². The number of carbonyl (C=O) groups is 1. The smallest absolute Gasteiger partial charge is 0.163 e. The summed E-state index contributed by atoms with van der Waals surface area (Å²) >= 11 is 0. The summed E-state index contributed by atoms with van der Waals surface area (Å²) in [6.07, 6.45) is 13.3. The van der Waals surface area contributed by atoms with Crippen molar-refractivity contribution in [3.05, 3.63) is 0 Å². The minimum atomic E-state index is -1.14. The molecule has 0 saturated heterocycles. The van der Waals surface area contributed by atoms with Gasteiger partial charge in [-0.25, -0.2) is 0 Å². The average Bonchev–Trinajstić information content (AvgIpc) is 2.30. The lowest BCUT2D eigenvalue weighted by Gasteiger charge is -2.14. The summed E-state index contributed by atoms with van der Waals surface area (Å²) in [4.78, 5) is 11.5. The number of hydrogen-bond donors (Lipinski definition) is 1. The summed E-state index contributed by atoms with van der Waals surface area (Å²) in [5.41, 5.74) is -1.14. The number of unbranched alkanes of at least 4 members (excludes halogenated alkanes) is 9. The Labute approximate surface area is 113 Å². The summed E-state index contributed by atoms with van der Waals surface area (Å²) < 4.78 is 0. The van der Waals surface area contributed by atoms with Crippen molar-refractivity contribution in [2.75, 3.05) is 0 Å². The predicted molar refractivity (Wildman–Crippen MR) is 77.8 cm³/mol. The molecule has 0 aliphatic rings. The highest BCUT2D eigenvalue weighted by atomic mass is 16.3. The minimum Gasteiger partial charge on any atom is -0.383 e. The fourth-order valence-corrected chi connectivity index (χ4v) is 2.08. The van der Waals surface area contributed by atoms with E-state index >= 15 is 0 Å². The van der Waals surface area contributed by atoms with Gasteiger partial charge in [0.1, 0.15) is 5.60 Å². The quantitative estimate of drug-likeness (QED) is 0.517. The summed E-state index contributed by atoms with van der Waals surface area (Å²) in [6, 6.07) is 0. The normalized spacial score (nSPS) is 11.8. The van der Waals surface area contributed by atoms with E-state index in [4.69, 9.17) is 0 Å². The first-order chi connectivity index (χ1) is 8.48. The molecule has 0 aromatic carbocycles. The SMILES string of the molecule is CCCCCCCCCCCCC(=O)C(C)(C)O. The molecule has 0 heterocycles. The molecule has 0 aliphatic carbocycles. The molecular weight excluding hydrogens is 224 g/mol. The van der Waals surface area contributed by atoms with Crippen LogP contribution in [0.15, 0.2) is 0 Å². The molecular formula is C16H32O2. The Morgan fingerprint density at radius 2 is 1.22 bits per heavy atom. The molecule has 0 atom stereocenters. The van der Waals surface area contributed by atoms with Crippen molar-refractivity contribution in [1.29, 1.82) is 0 Å². The fraction of sp³-hybridized carbons (Fsp3) is 0.938. The van der Waals surface area contributed by atoms with Crippen LogP contribution in [0.3, 0.4) is 0 Å². The van der Waals surface area contributed by atoms with Crippen LogP contribution in [0.5, 0.6) is 0 Å². The fourth-order valence-electron chi connectivity index (χ4n) is 2.08. The third-order valence-corrected chi connectivity index (χ3v) is 3.44. The lowest BCUT2D eigenvalue weighted by Crippen LogP contribution is -2.30. The molecule has 0 saturated carbocycles. The van der Waals surface area contributed by atoms with Gasteiger partial charge in [-0.05, 0) is 20.3 Å². The first-order valence-electron chi connectivity index (χ1n) is 7.74. The molecule has 0 aromatic rings. The molecule has 0 bridgehead atoms. The van der Waals surface area contributed by atoms with Gasteiger partial charge in [0.05, 0.1) is 0 Å². The molecule has 18 heavy (non-hydrogen) atoms. The van der Waals surface area contributed by atoms with Crippen LogP contribution in [0.4, 0.5) is 0 Å². The number of hydrogen-bond acceptors (Lipinski definition) is 2. The van der Waals surface area contributed by atoms with E-state index in [1.807, 2.05) is 0 Å². The van der Waals surface area contributed by atoms with Crippen molar-refractivity contribution < 1.29 is 9.90 Å². The van der Waals surface area contributed by atoms with E-state index in [-0.39, 0.29) is 5.78 Å². The number of Topliss-reactive ketones (excluding diaryl/α,β-unsaturated/α-hetero) is 1. The van der Waals surface area contributed by atoms with Crippen molar-refractivity contribution in [2.24, 2.45) is 0 Å². The third kappa shape index (κ3) is 10.8. The molecule has 0 radical (unpaired) electrons. The molecule has 0 rings (SSSR count). The molecule has 108 valence electrons. The van der Waals surface area contributed by atoms with Crippen molar-refractivity contribution >= 4 is 5.78 Å². The van der Waals surface area contributed by atoms with E-state index in [2.05, 4.69) is 6.92 Å². The highest BCUT2D eigenvalue weighted by Crippen LogP contribution is 2.13. The van der Waals surface area contributed by atoms with E-state index < -0.39 is 5.60 Å². The molecule has 0 spiro atoms. The van der Waals surface area contributed by atoms with Gasteiger partial charge in [-0.1, -0.05) is 64.7 Å². The first-order valence-corrected chi connectivity index (χ1v) is 7.74. The Bertz CT molecular complexity index is 204. The Balaban J connectivity index is 3.19. The molecule has 0 aliphatic heterocycles. The molecule has 1 N–H and O–H groups in total. The van der Waals surface area contributed by atoms with E-state index in [1.54, 1.807) is 13.8 Å². The van der Waals surface area contributed by atoms with E-state index in [0.717, 1.165) is 12.8 Å². The maximum Gasteiger partial charge on any atom is 0.163 e. The predicted octanol–water partition coefficient (Wildman–Crippen LogP) is 4.64. The second-order valence-electron chi connectivity index (χ2n) is 5.91. The zero-order chi connectivity index (χ0) is 13.9.